The molecule has 0 aliphatic rings. The average Bonchev–Trinajstić information content (AvgIpc) is 2.47. The van der Waals surface area contributed by atoms with Crippen LogP contribution in [-0.2, 0) is 6.42 Å². The standard InChI is InChI=1S/C16H15F2NO2/c17-13-7-4-8-14(18)15(13)16(21)19-12(10-20)9-11-5-2-1-3-6-11/h1-8,12,20H,9-10H2,(H,19,21)/t12-/m0/s1. The van der Waals surface area contributed by atoms with E-state index in [4.69, 9.17) is 0 Å². The van der Waals surface area contributed by atoms with Gasteiger partial charge in [0.15, 0.2) is 0 Å². The highest BCUT2D eigenvalue weighted by Gasteiger charge is 2.20. The molecule has 0 aliphatic carbocycles. The SMILES string of the molecule is O=C(N[C@H](CO)Cc1ccccc1)c1c(F)cccc1F. The van der Waals surface area contributed by atoms with Gasteiger partial charge in [0, 0.05) is 0 Å². The van der Waals surface area contributed by atoms with Crippen LogP contribution in [0.1, 0.15) is 15.9 Å². The van der Waals surface area contributed by atoms with Crippen LogP contribution in [0.3, 0.4) is 0 Å². The summed E-state index contributed by atoms with van der Waals surface area (Å²) in [6.45, 7) is -0.323. The Labute approximate surface area is 121 Å². The monoisotopic (exact) mass is 291 g/mol. The van der Waals surface area contributed by atoms with Crippen molar-refractivity contribution in [1.29, 1.82) is 0 Å². The molecule has 110 valence electrons. The summed E-state index contributed by atoms with van der Waals surface area (Å²) in [5, 5.41) is 11.8. The van der Waals surface area contributed by atoms with E-state index in [-0.39, 0.29) is 6.61 Å². The molecule has 0 saturated heterocycles. The Kier molecular flexibility index (Phi) is 5.00. The number of aliphatic hydroxyl groups is 1. The molecule has 0 saturated carbocycles. The zero-order chi connectivity index (χ0) is 15.2. The van der Waals surface area contributed by atoms with E-state index in [9.17, 15) is 18.7 Å². The van der Waals surface area contributed by atoms with Gasteiger partial charge >= 0.3 is 0 Å². The molecule has 1 atom stereocenters. The van der Waals surface area contributed by atoms with Crippen LogP contribution < -0.4 is 5.32 Å². The molecule has 1 amide bonds. The van der Waals surface area contributed by atoms with Crippen LogP contribution in [0.15, 0.2) is 48.5 Å². The molecule has 0 heterocycles. The van der Waals surface area contributed by atoms with Gasteiger partial charge in [0.1, 0.15) is 17.2 Å². The Bertz CT molecular complexity index is 597. The predicted molar refractivity (Wildman–Crippen MR) is 74.8 cm³/mol. The molecule has 2 N–H and O–H groups in total. The first-order chi connectivity index (χ1) is 10.1. The largest absolute Gasteiger partial charge is 0.394 e. The van der Waals surface area contributed by atoms with E-state index in [1.807, 2.05) is 30.3 Å². The second-order valence-electron chi connectivity index (χ2n) is 4.64. The number of carbonyl (C=O) groups excluding carboxylic acids is 1. The van der Waals surface area contributed by atoms with Crippen molar-refractivity contribution in [3.63, 3.8) is 0 Å². The Morgan fingerprint density at radius 3 is 2.24 bits per heavy atom. The first-order valence-electron chi connectivity index (χ1n) is 6.51. The maximum absolute atomic E-state index is 13.5. The number of benzene rings is 2. The highest BCUT2D eigenvalue weighted by atomic mass is 19.1. The number of nitrogens with one attached hydrogen (secondary N) is 1. The van der Waals surface area contributed by atoms with Crippen molar-refractivity contribution in [2.24, 2.45) is 0 Å². The summed E-state index contributed by atoms with van der Waals surface area (Å²) in [5.41, 5.74) is 0.273. The maximum atomic E-state index is 13.5. The minimum Gasteiger partial charge on any atom is -0.394 e. The van der Waals surface area contributed by atoms with Crippen molar-refractivity contribution < 1.29 is 18.7 Å². The fourth-order valence-corrected chi connectivity index (χ4v) is 2.03. The van der Waals surface area contributed by atoms with Crippen molar-refractivity contribution in [2.75, 3.05) is 6.61 Å². The molecule has 3 nitrogen and oxygen atoms in total. The van der Waals surface area contributed by atoms with E-state index in [2.05, 4.69) is 5.32 Å². The van der Waals surface area contributed by atoms with Crippen LogP contribution in [0.2, 0.25) is 0 Å². The zero-order valence-electron chi connectivity index (χ0n) is 11.2. The molecule has 0 fully saturated rings. The first kappa shape index (κ1) is 15.1. The number of hydrogen-bond donors (Lipinski definition) is 2. The van der Waals surface area contributed by atoms with Gasteiger partial charge in [-0.3, -0.25) is 4.79 Å². The van der Waals surface area contributed by atoms with Crippen LogP contribution >= 0.6 is 0 Å². The molecule has 0 bridgehead atoms. The lowest BCUT2D eigenvalue weighted by Crippen LogP contribution is -2.39. The van der Waals surface area contributed by atoms with Gasteiger partial charge in [0.2, 0.25) is 0 Å². The lowest BCUT2D eigenvalue weighted by molar-refractivity contribution is 0.0908. The average molecular weight is 291 g/mol. The van der Waals surface area contributed by atoms with Crippen molar-refractivity contribution >= 4 is 5.91 Å². The van der Waals surface area contributed by atoms with Gasteiger partial charge < -0.3 is 10.4 Å². The van der Waals surface area contributed by atoms with Crippen LogP contribution in [0, 0.1) is 11.6 Å². The summed E-state index contributed by atoms with van der Waals surface area (Å²) < 4.78 is 27.0. The van der Waals surface area contributed by atoms with Crippen molar-refractivity contribution in [1.82, 2.24) is 5.32 Å². The fraction of sp³-hybridized carbons (Fsp3) is 0.188. The Balaban J connectivity index is 2.10. The van der Waals surface area contributed by atoms with Gasteiger partial charge in [-0.25, -0.2) is 8.78 Å². The minimum atomic E-state index is -0.927. The zero-order valence-corrected chi connectivity index (χ0v) is 11.2. The summed E-state index contributed by atoms with van der Waals surface area (Å²) in [4.78, 5) is 11.9. The predicted octanol–water partition coefficient (Wildman–Crippen LogP) is 2.30. The summed E-state index contributed by atoms with van der Waals surface area (Å²) in [6.07, 6.45) is 0.374. The summed E-state index contributed by atoms with van der Waals surface area (Å²) in [6, 6.07) is 11.8. The number of rotatable bonds is 5. The first-order valence-corrected chi connectivity index (χ1v) is 6.51. The van der Waals surface area contributed by atoms with E-state index in [0.717, 1.165) is 17.7 Å². The number of aliphatic hydroxyl groups excluding tert-OH is 1. The van der Waals surface area contributed by atoms with Crippen molar-refractivity contribution in [2.45, 2.75) is 12.5 Å². The quantitative estimate of drug-likeness (QED) is 0.888. The molecule has 0 spiro atoms. The molecule has 2 rings (SSSR count). The third kappa shape index (κ3) is 3.86. The van der Waals surface area contributed by atoms with Crippen LogP contribution in [0.4, 0.5) is 8.78 Å². The Morgan fingerprint density at radius 2 is 1.67 bits per heavy atom. The van der Waals surface area contributed by atoms with Gasteiger partial charge in [0.05, 0.1) is 12.6 Å². The number of halogens is 2. The molecule has 2 aromatic carbocycles. The van der Waals surface area contributed by atoms with Gasteiger partial charge in [-0.15, -0.1) is 0 Å². The van der Waals surface area contributed by atoms with Gasteiger partial charge in [-0.05, 0) is 24.1 Å². The van der Waals surface area contributed by atoms with Crippen LogP contribution in [-0.4, -0.2) is 23.7 Å². The molecule has 5 heteroatoms. The lowest BCUT2D eigenvalue weighted by atomic mass is 10.1. The van der Waals surface area contributed by atoms with E-state index >= 15 is 0 Å². The van der Waals surface area contributed by atoms with E-state index < -0.39 is 29.1 Å². The summed E-state index contributed by atoms with van der Waals surface area (Å²) in [7, 11) is 0. The highest BCUT2D eigenvalue weighted by Crippen LogP contribution is 2.12. The van der Waals surface area contributed by atoms with Gasteiger partial charge in [0.25, 0.3) is 5.91 Å². The number of hydrogen-bond acceptors (Lipinski definition) is 2. The summed E-state index contributed by atoms with van der Waals surface area (Å²) in [5.74, 6) is -2.73. The lowest BCUT2D eigenvalue weighted by Gasteiger charge is -2.17. The van der Waals surface area contributed by atoms with Crippen LogP contribution in [0.5, 0.6) is 0 Å². The number of carbonyl (C=O) groups is 1. The molecule has 2 aromatic rings. The minimum absolute atomic E-state index is 0.323. The van der Waals surface area contributed by atoms with Crippen molar-refractivity contribution in [3.8, 4) is 0 Å². The molecule has 21 heavy (non-hydrogen) atoms. The van der Waals surface area contributed by atoms with Crippen molar-refractivity contribution in [3.05, 3.63) is 71.3 Å². The molecule has 0 radical (unpaired) electrons. The fourth-order valence-electron chi connectivity index (χ4n) is 2.03. The molecule has 0 unspecified atom stereocenters. The third-order valence-electron chi connectivity index (χ3n) is 3.07. The van der Waals surface area contributed by atoms with E-state index in [0.29, 0.717) is 6.42 Å². The molecular weight excluding hydrogens is 276 g/mol. The van der Waals surface area contributed by atoms with E-state index in [1.165, 1.54) is 6.07 Å². The normalized spacial score (nSPS) is 12.0. The molecule has 0 aromatic heterocycles. The second kappa shape index (κ2) is 6.95. The smallest absolute Gasteiger partial charge is 0.257 e. The third-order valence-corrected chi connectivity index (χ3v) is 3.07. The highest BCUT2D eigenvalue weighted by molar-refractivity contribution is 5.94. The second-order valence-corrected chi connectivity index (χ2v) is 4.64. The van der Waals surface area contributed by atoms with E-state index in [1.54, 1.807) is 0 Å². The Morgan fingerprint density at radius 1 is 1.05 bits per heavy atom. The molecular formula is C16H15F2NO2. The molecule has 0 aliphatic heterocycles. The van der Waals surface area contributed by atoms with Gasteiger partial charge in [-0.1, -0.05) is 36.4 Å². The van der Waals surface area contributed by atoms with Crippen LogP contribution in [0.25, 0.3) is 0 Å². The maximum Gasteiger partial charge on any atom is 0.257 e. The Hall–Kier alpha value is -2.27. The van der Waals surface area contributed by atoms with Gasteiger partial charge in [-0.2, -0.15) is 0 Å². The summed E-state index contributed by atoms with van der Waals surface area (Å²) >= 11 is 0. The number of amides is 1. The topological polar surface area (TPSA) is 49.3 Å².